The smallest absolute Gasteiger partial charge is 0.231 e. The molecular weight excluding hydrogens is 505 g/mol. The van der Waals surface area contributed by atoms with Gasteiger partial charge in [0.15, 0.2) is 15.7 Å². The van der Waals surface area contributed by atoms with Gasteiger partial charge < -0.3 is 9.80 Å². The summed E-state index contributed by atoms with van der Waals surface area (Å²) in [5.41, 5.74) is 2.70. The fourth-order valence-corrected chi connectivity index (χ4v) is 7.61. The van der Waals surface area contributed by atoms with Gasteiger partial charge in [-0.3, -0.25) is 9.47 Å². The number of benzene rings is 1. The molecule has 0 aliphatic carbocycles. The van der Waals surface area contributed by atoms with Crippen molar-refractivity contribution in [2.45, 2.75) is 26.1 Å². The molecule has 4 aliphatic heterocycles. The van der Waals surface area contributed by atoms with Crippen LogP contribution in [0.2, 0.25) is 5.02 Å². The summed E-state index contributed by atoms with van der Waals surface area (Å²) in [6.45, 7) is 6.18. The van der Waals surface area contributed by atoms with Gasteiger partial charge in [-0.1, -0.05) is 17.7 Å². The number of aryl methyl sites for hydroxylation is 1. The lowest BCUT2D eigenvalue weighted by molar-refractivity contribution is 0.153. The lowest BCUT2D eigenvalue weighted by Gasteiger charge is -2.60. The van der Waals surface area contributed by atoms with Crippen LogP contribution in [0, 0.1) is 18.3 Å². The van der Waals surface area contributed by atoms with Gasteiger partial charge >= 0.3 is 0 Å². The normalized spacial score (nSPS) is 22.3. The molecule has 0 bridgehead atoms. The molecule has 0 atom stereocenters. The Labute approximate surface area is 213 Å². The van der Waals surface area contributed by atoms with E-state index in [1.54, 1.807) is 13.0 Å². The monoisotopic (exact) mass is 529 g/mol. The van der Waals surface area contributed by atoms with Gasteiger partial charge in [0.1, 0.15) is 5.82 Å². The number of hydrogen-bond acceptors (Lipinski definition) is 8. The highest BCUT2D eigenvalue weighted by Crippen LogP contribution is 2.44. The minimum absolute atomic E-state index is 0.0259. The second-order valence-electron chi connectivity index (χ2n) is 10.6. The summed E-state index contributed by atoms with van der Waals surface area (Å²) in [5, 5.41) is 9.73. The van der Waals surface area contributed by atoms with Gasteiger partial charge in [0.25, 0.3) is 0 Å². The molecule has 1 aromatic carbocycles. The molecule has 0 saturated carbocycles. The number of pyridine rings is 1. The Morgan fingerprint density at radius 3 is 2.50 bits per heavy atom. The molecule has 3 fully saturated rings. The summed E-state index contributed by atoms with van der Waals surface area (Å²) >= 11 is 6.34. The maximum atomic E-state index is 13.9. The highest BCUT2D eigenvalue weighted by atomic mass is 35.5. The van der Waals surface area contributed by atoms with Gasteiger partial charge in [0.05, 0.1) is 23.7 Å². The molecule has 12 heteroatoms. The van der Waals surface area contributed by atoms with Crippen LogP contribution < -0.4 is 9.80 Å². The van der Waals surface area contributed by atoms with Crippen LogP contribution in [0.3, 0.4) is 0 Å². The highest BCUT2D eigenvalue weighted by Gasteiger charge is 2.53. The third kappa shape index (κ3) is 3.51. The SMILES string of the molecule is Cc1ccc(N2CC3(C2)CN(c2nnc4n2-c2ccc(Cl)cc2CN(C2CS(=O)(=O)C2)C4)C3)nc1F. The summed E-state index contributed by atoms with van der Waals surface area (Å²) in [4.78, 5) is 10.6. The van der Waals surface area contributed by atoms with Crippen LogP contribution in [0.15, 0.2) is 30.3 Å². The first-order valence-electron chi connectivity index (χ1n) is 12.0. The Hall–Kier alpha value is -2.76. The quantitative estimate of drug-likeness (QED) is 0.477. The predicted octanol–water partition coefficient (Wildman–Crippen LogP) is 2.20. The van der Waals surface area contributed by atoms with E-state index in [-0.39, 0.29) is 23.0 Å². The number of halogens is 2. The van der Waals surface area contributed by atoms with Crippen LogP contribution in [-0.2, 0) is 22.9 Å². The van der Waals surface area contributed by atoms with E-state index < -0.39 is 15.8 Å². The standard InChI is InChI=1S/C24H25ClFN7O2S/c1-15-2-5-20(27-22(15)26)31-11-24(12-31)13-32(14-24)23-29-28-21-8-30(18-9-36(34,35)10-18)7-16-6-17(25)3-4-19(16)33(21)23/h2-6,18H,7-14H2,1H3. The van der Waals surface area contributed by atoms with Crippen molar-refractivity contribution in [2.75, 3.05) is 47.5 Å². The summed E-state index contributed by atoms with van der Waals surface area (Å²) in [7, 11) is -2.94. The molecule has 6 heterocycles. The molecule has 0 unspecified atom stereocenters. The van der Waals surface area contributed by atoms with Gasteiger partial charge in [0.2, 0.25) is 11.9 Å². The van der Waals surface area contributed by atoms with Crippen LogP contribution in [0.4, 0.5) is 16.2 Å². The average Bonchev–Trinajstić information content (AvgIpc) is 3.07. The van der Waals surface area contributed by atoms with E-state index >= 15 is 0 Å². The molecule has 3 saturated heterocycles. The fraction of sp³-hybridized carbons (Fsp3) is 0.458. The zero-order valence-electron chi connectivity index (χ0n) is 19.7. The minimum Gasteiger partial charge on any atom is -0.355 e. The van der Waals surface area contributed by atoms with Crippen molar-refractivity contribution in [1.82, 2.24) is 24.6 Å². The number of fused-ring (bicyclic) bond motifs is 3. The van der Waals surface area contributed by atoms with Crippen molar-refractivity contribution in [1.29, 1.82) is 0 Å². The van der Waals surface area contributed by atoms with E-state index in [4.69, 9.17) is 11.6 Å². The lowest BCUT2D eigenvalue weighted by atomic mass is 9.73. The van der Waals surface area contributed by atoms with E-state index in [1.165, 1.54) is 0 Å². The first kappa shape index (κ1) is 22.4. The molecule has 0 amide bonds. The molecule has 4 aliphatic rings. The number of aromatic nitrogens is 4. The molecule has 3 aromatic rings. The molecule has 0 N–H and O–H groups in total. The van der Waals surface area contributed by atoms with E-state index in [0.717, 1.165) is 49.2 Å². The third-order valence-corrected chi connectivity index (χ3v) is 9.88. The molecular formula is C24H25ClFN7O2S. The van der Waals surface area contributed by atoms with Crippen molar-refractivity contribution < 1.29 is 12.8 Å². The summed E-state index contributed by atoms with van der Waals surface area (Å²) in [5.74, 6) is 2.21. The third-order valence-electron chi connectivity index (χ3n) is 7.85. The van der Waals surface area contributed by atoms with Crippen molar-refractivity contribution in [3.63, 3.8) is 0 Å². The maximum absolute atomic E-state index is 13.9. The number of rotatable bonds is 3. The summed E-state index contributed by atoms with van der Waals surface area (Å²) in [6.07, 6.45) is 0. The van der Waals surface area contributed by atoms with Crippen LogP contribution in [0.5, 0.6) is 0 Å². The van der Waals surface area contributed by atoms with Gasteiger partial charge in [-0.15, -0.1) is 10.2 Å². The van der Waals surface area contributed by atoms with Crippen molar-refractivity contribution >= 4 is 33.2 Å². The minimum atomic E-state index is -2.94. The molecule has 2 aromatic heterocycles. The Morgan fingerprint density at radius 1 is 1.03 bits per heavy atom. The topological polar surface area (TPSA) is 87.5 Å². The molecule has 9 nitrogen and oxygen atoms in total. The van der Waals surface area contributed by atoms with Crippen LogP contribution in [0.1, 0.15) is 17.0 Å². The summed E-state index contributed by atoms with van der Waals surface area (Å²) < 4.78 is 39.7. The second-order valence-corrected chi connectivity index (χ2v) is 13.2. The Morgan fingerprint density at radius 2 is 1.78 bits per heavy atom. The largest absolute Gasteiger partial charge is 0.355 e. The van der Waals surface area contributed by atoms with Crippen LogP contribution in [-0.4, -0.2) is 76.8 Å². The van der Waals surface area contributed by atoms with E-state index in [9.17, 15) is 12.8 Å². The molecule has 0 radical (unpaired) electrons. The zero-order valence-corrected chi connectivity index (χ0v) is 21.3. The average molecular weight is 530 g/mol. The molecule has 7 rings (SSSR count). The summed E-state index contributed by atoms with van der Waals surface area (Å²) in [6, 6.07) is 9.43. The van der Waals surface area contributed by atoms with Crippen LogP contribution in [0.25, 0.3) is 5.69 Å². The van der Waals surface area contributed by atoms with Gasteiger partial charge in [-0.05, 0) is 36.8 Å². The maximum Gasteiger partial charge on any atom is 0.231 e. The number of anilines is 2. The lowest BCUT2D eigenvalue weighted by Crippen LogP contribution is -2.73. The van der Waals surface area contributed by atoms with Crippen molar-refractivity contribution in [3.05, 3.63) is 58.3 Å². The predicted molar refractivity (Wildman–Crippen MR) is 134 cm³/mol. The van der Waals surface area contributed by atoms with Gasteiger partial charge in [-0.25, -0.2) is 13.4 Å². The van der Waals surface area contributed by atoms with Gasteiger partial charge in [-0.2, -0.15) is 4.39 Å². The van der Waals surface area contributed by atoms with Crippen LogP contribution >= 0.6 is 11.6 Å². The van der Waals surface area contributed by atoms with E-state index in [1.807, 2.05) is 24.3 Å². The van der Waals surface area contributed by atoms with E-state index in [2.05, 4.69) is 34.4 Å². The van der Waals surface area contributed by atoms with Crippen molar-refractivity contribution in [2.24, 2.45) is 5.41 Å². The Balaban J connectivity index is 1.13. The zero-order chi connectivity index (χ0) is 24.8. The second kappa shape index (κ2) is 7.62. The number of nitrogens with zero attached hydrogens (tertiary/aromatic N) is 7. The molecule has 188 valence electrons. The first-order chi connectivity index (χ1) is 17.2. The molecule has 36 heavy (non-hydrogen) atoms. The van der Waals surface area contributed by atoms with E-state index in [0.29, 0.717) is 29.5 Å². The highest BCUT2D eigenvalue weighted by molar-refractivity contribution is 7.92. The van der Waals surface area contributed by atoms with Gasteiger partial charge in [0, 0.05) is 54.8 Å². The Bertz CT molecular complexity index is 1480. The fourth-order valence-electron chi connectivity index (χ4n) is 5.92. The molecule has 1 spiro atoms. The number of sulfone groups is 1. The first-order valence-corrected chi connectivity index (χ1v) is 14.2. The Kier molecular flexibility index (Phi) is 4.75. The number of hydrogen-bond donors (Lipinski definition) is 0. The van der Waals surface area contributed by atoms with Crippen molar-refractivity contribution in [3.8, 4) is 5.69 Å².